The summed E-state index contributed by atoms with van der Waals surface area (Å²) in [6.45, 7) is 0. The van der Waals surface area contributed by atoms with Gasteiger partial charge >= 0.3 is 0 Å². The molecule has 0 unspecified atom stereocenters. The molecule has 4 heteroatoms. The zero-order valence-electron chi connectivity index (χ0n) is 5.11. The van der Waals surface area contributed by atoms with Gasteiger partial charge in [-0.1, -0.05) is 0 Å². The maximum absolute atomic E-state index is 6.96. The van der Waals surface area contributed by atoms with E-state index in [2.05, 4.69) is 4.98 Å². The maximum Gasteiger partial charge on any atom is 0.133 e. The Kier molecular flexibility index (Phi) is 0.887. The number of nitrogens with one attached hydrogen (secondary N) is 1. The van der Waals surface area contributed by atoms with E-state index >= 15 is 0 Å². The average Bonchev–Trinajstić information content (AvgIpc) is 2.44. The lowest BCUT2D eigenvalue weighted by molar-refractivity contribution is 0.375. The van der Waals surface area contributed by atoms with Gasteiger partial charge in [0.25, 0.3) is 0 Å². The molecular formula is C6H5N3O. The van der Waals surface area contributed by atoms with Crippen LogP contribution in [-0.2, 0) is 0 Å². The quantitative estimate of drug-likeness (QED) is 0.591. The smallest absolute Gasteiger partial charge is 0.133 e. The van der Waals surface area contributed by atoms with Gasteiger partial charge in [0.2, 0.25) is 0 Å². The lowest BCUT2D eigenvalue weighted by Gasteiger charge is -1.75. The van der Waals surface area contributed by atoms with Crippen LogP contribution in [0.25, 0.3) is 5.52 Å². The molecular weight excluding hydrogens is 130 g/mol. The highest BCUT2D eigenvalue weighted by Gasteiger charge is 2.00. The summed E-state index contributed by atoms with van der Waals surface area (Å²) in [6.07, 6.45) is 5.97. The summed E-state index contributed by atoms with van der Waals surface area (Å²) in [6, 6.07) is 0. The van der Waals surface area contributed by atoms with Crippen molar-refractivity contribution in [1.29, 1.82) is 5.41 Å². The van der Waals surface area contributed by atoms with Crippen LogP contribution < -0.4 is 0 Å². The van der Waals surface area contributed by atoms with Gasteiger partial charge in [-0.15, -0.1) is 0 Å². The summed E-state index contributed by atoms with van der Waals surface area (Å²) in [4.78, 5) is 3.84. The third kappa shape index (κ3) is 0.500. The second-order valence-electron chi connectivity index (χ2n) is 1.93. The standard InChI is InChI=1S/C6H5N3O/c7-1-5-3-10-9-4-8-2-6(5)9/h1-4,7H. The van der Waals surface area contributed by atoms with Crippen LogP contribution in [0.5, 0.6) is 0 Å². The predicted octanol–water partition coefficient (Wildman–Crippen LogP) is 0.925. The largest absolute Gasteiger partial charge is 0.381 e. The van der Waals surface area contributed by atoms with E-state index in [1.165, 1.54) is 17.1 Å². The number of fused-ring (bicyclic) bond motifs is 1. The van der Waals surface area contributed by atoms with Crippen molar-refractivity contribution in [3.8, 4) is 0 Å². The number of aromatic nitrogens is 2. The molecule has 0 saturated heterocycles. The third-order valence-electron chi connectivity index (χ3n) is 1.35. The Labute approximate surface area is 56.6 Å². The van der Waals surface area contributed by atoms with Crippen LogP contribution in [0, 0.1) is 5.41 Å². The zero-order chi connectivity index (χ0) is 6.97. The molecule has 50 valence electrons. The molecule has 10 heavy (non-hydrogen) atoms. The molecule has 2 aromatic rings. The van der Waals surface area contributed by atoms with Gasteiger partial charge in [-0.2, -0.15) is 4.57 Å². The topological polar surface area (TPSA) is 54.3 Å². The predicted molar refractivity (Wildman–Crippen MR) is 35.3 cm³/mol. The number of nitrogens with zero attached hydrogens (tertiary/aromatic N) is 2. The Morgan fingerprint density at radius 1 is 1.70 bits per heavy atom. The maximum atomic E-state index is 6.96. The van der Waals surface area contributed by atoms with Crippen molar-refractivity contribution in [3.05, 3.63) is 24.4 Å². The Balaban J connectivity index is 2.88. The molecule has 0 radical (unpaired) electrons. The highest BCUT2D eigenvalue weighted by Crippen LogP contribution is 2.07. The minimum atomic E-state index is 0.748. The fourth-order valence-corrected chi connectivity index (χ4v) is 0.851. The van der Waals surface area contributed by atoms with Crippen LogP contribution in [0.3, 0.4) is 0 Å². The Bertz CT molecular complexity index is 360. The molecule has 0 atom stereocenters. The highest BCUT2D eigenvalue weighted by molar-refractivity contribution is 5.86. The van der Waals surface area contributed by atoms with E-state index in [1.54, 1.807) is 12.5 Å². The van der Waals surface area contributed by atoms with Crippen molar-refractivity contribution in [1.82, 2.24) is 9.56 Å². The van der Waals surface area contributed by atoms with Gasteiger partial charge in [-0.25, -0.2) is 4.98 Å². The van der Waals surface area contributed by atoms with Crippen molar-refractivity contribution in [2.24, 2.45) is 0 Å². The van der Waals surface area contributed by atoms with E-state index in [0.29, 0.717) is 0 Å². The summed E-state index contributed by atoms with van der Waals surface area (Å²) in [5.74, 6) is 0. The fraction of sp³-hybridized carbons (Fsp3) is 0. The molecule has 2 aromatic heterocycles. The first kappa shape index (κ1) is 5.22. The lowest BCUT2D eigenvalue weighted by Crippen LogP contribution is -1.73. The molecule has 0 saturated carbocycles. The Hall–Kier alpha value is -1.58. The van der Waals surface area contributed by atoms with Gasteiger partial charge < -0.3 is 9.93 Å². The van der Waals surface area contributed by atoms with E-state index in [4.69, 9.17) is 9.93 Å². The monoisotopic (exact) mass is 135 g/mol. The summed E-state index contributed by atoms with van der Waals surface area (Å²) < 4.78 is 6.50. The van der Waals surface area contributed by atoms with Gasteiger partial charge in [-0.05, 0) is 0 Å². The summed E-state index contributed by atoms with van der Waals surface area (Å²) >= 11 is 0. The molecule has 0 amide bonds. The van der Waals surface area contributed by atoms with Gasteiger partial charge in [0, 0.05) is 6.21 Å². The Morgan fingerprint density at radius 3 is 3.40 bits per heavy atom. The lowest BCUT2D eigenvalue weighted by atomic mass is 10.3. The van der Waals surface area contributed by atoms with Gasteiger partial charge in [0.15, 0.2) is 0 Å². The summed E-state index contributed by atoms with van der Waals surface area (Å²) in [5.41, 5.74) is 1.58. The molecule has 0 aromatic carbocycles. The van der Waals surface area contributed by atoms with Crippen LogP contribution in [-0.4, -0.2) is 15.8 Å². The molecule has 2 heterocycles. The van der Waals surface area contributed by atoms with Crippen molar-refractivity contribution in [3.63, 3.8) is 0 Å². The average molecular weight is 135 g/mol. The van der Waals surface area contributed by atoms with Crippen molar-refractivity contribution < 1.29 is 4.52 Å². The number of rotatable bonds is 1. The molecule has 0 fully saturated rings. The van der Waals surface area contributed by atoms with Gasteiger partial charge in [-0.3, -0.25) is 0 Å². The summed E-state index contributed by atoms with van der Waals surface area (Å²) in [5, 5.41) is 6.96. The van der Waals surface area contributed by atoms with E-state index in [-0.39, 0.29) is 0 Å². The van der Waals surface area contributed by atoms with Crippen molar-refractivity contribution in [2.45, 2.75) is 0 Å². The van der Waals surface area contributed by atoms with Crippen molar-refractivity contribution >= 4 is 11.7 Å². The highest BCUT2D eigenvalue weighted by atomic mass is 16.5. The first-order chi connectivity index (χ1) is 4.92. The number of imidazole rings is 1. The second-order valence-corrected chi connectivity index (χ2v) is 1.93. The van der Waals surface area contributed by atoms with Crippen LogP contribution >= 0.6 is 0 Å². The molecule has 0 aliphatic rings. The van der Waals surface area contributed by atoms with Crippen LogP contribution in [0.2, 0.25) is 0 Å². The molecule has 0 spiro atoms. The number of hydrogen-bond acceptors (Lipinski definition) is 3. The zero-order valence-corrected chi connectivity index (χ0v) is 5.11. The van der Waals surface area contributed by atoms with E-state index in [0.717, 1.165) is 11.1 Å². The van der Waals surface area contributed by atoms with Gasteiger partial charge in [0.05, 0.1) is 11.8 Å². The molecule has 4 nitrogen and oxygen atoms in total. The minimum absolute atomic E-state index is 0.748. The Morgan fingerprint density at radius 2 is 2.60 bits per heavy atom. The molecule has 0 aliphatic heterocycles. The minimum Gasteiger partial charge on any atom is -0.381 e. The van der Waals surface area contributed by atoms with E-state index in [1.807, 2.05) is 0 Å². The first-order valence-electron chi connectivity index (χ1n) is 2.82. The molecule has 0 bridgehead atoms. The van der Waals surface area contributed by atoms with Gasteiger partial charge in [0.1, 0.15) is 18.1 Å². The number of hydrogen-bond donors (Lipinski definition) is 1. The van der Waals surface area contributed by atoms with Crippen LogP contribution in [0.1, 0.15) is 5.56 Å². The van der Waals surface area contributed by atoms with Crippen LogP contribution in [0.15, 0.2) is 23.3 Å². The molecule has 1 N–H and O–H groups in total. The molecule has 2 rings (SSSR count). The van der Waals surface area contributed by atoms with Crippen molar-refractivity contribution in [2.75, 3.05) is 0 Å². The SMILES string of the molecule is N=Cc1con2cncc12. The normalized spacial score (nSPS) is 10.4. The third-order valence-corrected chi connectivity index (χ3v) is 1.35. The van der Waals surface area contributed by atoms with E-state index < -0.39 is 0 Å². The first-order valence-corrected chi connectivity index (χ1v) is 2.82. The summed E-state index contributed by atoms with van der Waals surface area (Å²) in [7, 11) is 0. The second kappa shape index (κ2) is 1.70. The molecule has 0 aliphatic carbocycles. The fourth-order valence-electron chi connectivity index (χ4n) is 0.851. The van der Waals surface area contributed by atoms with E-state index in [9.17, 15) is 0 Å². The van der Waals surface area contributed by atoms with Crippen LogP contribution in [0.4, 0.5) is 0 Å².